The van der Waals surface area contributed by atoms with Gasteiger partial charge in [-0.2, -0.15) is 5.26 Å². The lowest BCUT2D eigenvalue weighted by Gasteiger charge is -1.96. The Kier molecular flexibility index (Phi) is 2.18. The summed E-state index contributed by atoms with van der Waals surface area (Å²) >= 11 is 1.32. The van der Waals surface area contributed by atoms with Crippen molar-refractivity contribution in [3.8, 4) is 6.07 Å². The van der Waals surface area contributed by atoms with Gasteiger partial charge in [0.25, 0.3) is 0 Å². The van der Waals surface area contributed by atoms with E-state index in [0.29, 0.717) is 10.3 Å². The zero-order valence-electron chi connectivity index (χ0n) is 7.05. The lowest BCUT2D eigenvalue weighted by molar-refractivity contribution is 0.517. The van der Waals surface area contributed by atoms with E-state index in [2.05, 4.69) is 0 Å². The van der Waals surface area contributed by atoms with Crippen LogP contribution < -0.4 is 0 Å². The number of nitriles is 1. The van der Waals surface area contributed by atoms with Gasteiger partial charge in [0, 0.05) is 10.1 Å². The van der Waals surface area contributed by atoms with Crippen LogP contribution in [0.1, 0.15) is 5.56 Å². The molecule has 0 radical (unpaired) electrons. The number of rotatable bonds is 1. The molecule has 0 spiro atoms. The molecule has 1 aromatic carbocycles. The fourth-order valence-corrected chi connectivity index (χ4v) is 2.29. The van der Waals surface area contributed by atoms with Crippen LogP contribution in [0.25, 0.3) is 10.1 Å². The number of fused-ring (bicyclic) bond motifs is 1. The summed E-state index contributed by atoms with van der Waals surface area (Å²) in [6.45, 7) is 0. The molecule has 4 heteroatoms. The maximum atomic E-state index is 13.3. The Labute approximate surface area is 83.2 Å². The van der Waals surface area contributed by atoms with Gasteiger partial charge in [0.2, 0.25) is 0 Å². The van der Waals surface area contributed by atoms with Crippen molar-refractivity contribution in [3.63, 3.8) is 0 Å². The molecule has 14 heavy (non-hydrogen) atoms. The average molecular weight is 209 g/mol. The Bertz CT molecular complexity index is 525. The van der Waals surface area contributed by atoms with Gasteiger partial charge in [0.05, 0.1) is 12.5 Å². The van der Waals surface area contributed by atoms with Crippen molar-refractivity contribution in [2.75, 3.05) is 0 Å². The second kappa shape index (κ2) is 3.35. The van der Waals surface area contributed by atoms with Gasteiger partial charge in [0.15, 0.2) is 11.6 Å². The van der Waals surface area contributed by atoms with Crippen LogP contribution in [0, 0.1) is 23.0 Å². The highest BCUT2D eigenvalue weighted by atomic mass is 32.1. The van der Waals surface area contributed by atoms with Crippen molar-refractivity contribution in [2.24, 2.45) is 0 Å². The molecule has 1 heterocycles. The first kappa shape index (κ1) is 9.10. The van der Waals surface area contributed by atoms with Crippen molar-refractivity contribution in [3.05, 3.63) is 34.7 Å². The lowest BCUT2D eigenvalue weighted by atomic mass is 10.1. The van der Waals surface area contributed by atoms with Crippen molar-refractivity contribution in [1.82, 2.24) is 0 Å². The predicted octanol–water partition coefficient (Wildman–Crippen LogP) is 3.25. The number of hydrogen-bond donors (Lipinski definition) is 0. The van der Waals surface area contributed by atoms with Crippen LogP contribution in [0.3, 0.4) is 0 Å². The first-order valence-electron chi connectivity index (χ1n) is 3.95. The third-order valence-corrected chi connectivity index (χ3v) is 2.97. The lowest BCUT2D eigenvalue weighted by Crippen LogP contribution is -1.86. The first-order chi connectivity index (χ1) is 6.74. The Morgan fingerprint density at radius 2 is 2.14 bits per heavy atom. The number of halogens is 2. The SMILES string of the molecule is N#CCc1csc2ccc(F)c(F)c12. The summed E-state index contributed by atoms with van der Waals surface area (Å²) in [4.78, 5) is 0. The summed E-state index contributed by atoms with van der Waals surface area (Å²) in [6.07, 6.45) is 0.111. The summed E-state index contributed by atoms with van der Waals surface area (Å²) in [5, 5.41) is 10.4. The topological polar surface area (TPSA) is 23.8 Å². The number of hydrogen-bond acceptors (Lipinski definition) is 2. The summed E-state index contributed by atoms with van der Waals surface area (Å²) in [5.41, 5.74) is 0.560. The van der Waals surface area contributed by atoms with E-state index in [1.54, 1.807) is 5.38 Å². The van der Waals surface area contributed by atoms with Crippen LogP contribution >= 0.6 is 11.3 Å². The minimum atomic E-state index is -0.866. The quantitative estimate of drug-likeness (QED) is 0.707. The van der Waals surface area contributed by atoms with Crippen molar-refractivity contribution < 1.29 is 8.78 Å². The van der Waals surface area contributed by atoms with Crippen molar-refractivity contribution in [1.29, 1.82) is 5.26 Å². The normalized spacial score (nSPS) is 10.4. The predicted molar refractivity (Wildman–Crippen MR) is 51.1 cm³/mol. The highest BCUT2D eigenvalue weighted by Crippen LogP contribution is 2.29. The van der Waals surface area contributed by atoms with E-state index in [1.165, 1.54) is 17.4 Å². The minimum Gasteiger partial charge on any atom is -0.204 e. The largest absolute Gasteiger partial charge is 0.204 e. The van der Waals surface area contributed by atoms with Crippen LogP contribution in [0.5, 0.6) is 0 Å². The van der Waals surface area contributed by atoms with Gasteiger partial charge in [-0.05, 0) is 23.1 Å². The second-order valence-corrected chi connectivity index (χ2v) is 3.74. The molecule has 70 valence electrons. The average Bonchev–Trinajstić information content (AvgIpc) is 2.57. The highest BCUT2D eigenvalue weighted by Gasteiger charge is 2.12. The van der Waals surface area contributed by atoms with Gasteiger partial charge in [-0.3, -0.25) is 0 Å². The molecule has 0 saturated heterocycles. The second-order valence-electron chi connectivity index (χ2n) is 2.83. The molecular weight excluding hydrogens is 204 g/mol. The molecule has 0 atom stereocenters. The standard InChI is InChI=1S/C10H5F2NS/c11-7-1-2-8-9(10(7)12)6(3-4-13)5-14-8/h1-2,5H,3H2. The van der Waals surface area contributed by atoms with E-state index in [0.717, 1.165) is 6.07 Å². The van der Waals surface area contributed by atoms with Gasteiger partial charge in [-0.25, -0.2) is 8.78 Å². The zero-order valence-corrected chi connectivity index (χ0v) is 7.87. The van der Waals surface area contributed by atoms with Gasteiger partial charge < -0.3 is 0 Å². The molecule has 0 bridgehead atoms. The molecule has 0 aliphatic carbocycles. The van der Waals surface area contributed by atoms with E-state index >= 15 is 0 Å². The summed E-state index contributed by atoms with van der Waals surface area (Å²) < 4.78 is 26.9. The molecule has 0 aliphatic heterocycles. The maximum Gasteiger partial charge on any atom is 0.167 e. The number of nitrogens with zero attached hydrogens (tertiary/aromatic N) is 1. The van der Waals surface area contributed by atoms with E-state index in [1.807, 2.05) is 6.07 Å². The van der Waals surface area contributed by atoms with E-state index in [-0.39, 0.29) is 11.8 Å². The van der Waals surface area contributed by atoms with E-state index < -0.39 is 11.6 Å². The molecule has 0 aliphatic rings. The van der Waals surface area contributed by atoms with Crippen molar-refractivity contribution >= 4 is 21.4 Å². The zero-order chi connectivity index (χ0) is 10.1. The Morgan fingerprint density at radius 1 is 1.36 bits per heavy atom. The summed E-state index contributed by atoms with van der Waals surface area (Å²) in [5.74, 6) is -1.72. The molecule has 2 aromatic rings. The molecular formula is C10H5F2NS. The van der Waals surface area contributed by atoms with Crippen LogP contribution in [0.15, 0.2) is 17.5 Å². The molecule has 0 N–H and O–H groups in total. The van der Waals surface area contributed by atoms with Crippen LogP contribution in [-0.4, -0.2) is 0 Å². The van der Waals surface area contributed by atoms with Gasteiger partial charge in [-0.1, -0.05) is 0 Å². The molecule has 0 fully saturated rings. The van der Waals surface area contributed by atoms with Gasteiger partial charge in [-0.15, -0.1) is 11.3 Å². The maximum absolute atomic E-state index is 13.3. The molecule has 0 unspecified atom stereocenters. The molecule has 0 amide bonds. The Balaban J connectivity index is 2.77. The van der Waals surface area contributed by atoms with Crippen molar-refractivity contribution in [2.45, 2.75) is 6.42 Å². The fraction of sp³-hybridized carbons (Fsp3) is 0.100. The Hall–Kier alpha value is -1.47. The van der Waals surface area contributed by atoms with Crippen LogP contribution in [-0.2, 0) is 6.42 Å². The smallest absolute Gasteiger partial charge is 0.167 e. The number of benzene rings is 1. The van der Waals surface area contributed by atoms with Crippen LogP contribution in [0.2, 0.25) is 0 Å². The fourth-order valence-electron chi connectivity index (χ4n) is 1.34. The number of thiophene rings is 1. The third-order valence-electron chi connectivity index (χ3n) is 1.98. The van der Waals surface area contributed by atoms with E-state index in [4.69, 9.17) is 5.26 Å². The van der Waals surface area contributed by atoms with Gasteiger partial charge in [0.1, 0.15) is 0 Å². The van der Waals surface area contributed by atoms with Gasteiger partial charge >= 0.3 is 0 Å². The monoisotopic (exact) mass is 209 g/mol. The van der Waals surface area contributed by atoms with E-state index in [9.17, 15) is 8.78 Å². The summed E-state index contributed by atoms with van der Waals surface area (Å²) in [6, 6.07) is 4.56. The molecule has 1 nitrogen and oxygen atoms in total. The Morgan fingerprint density at radius 3 is 2.86 bits per heavy atom. The first-order valence-corrected chi connectivity index (χ1v) is 4.83. The third kappa shape index (κ3) is 1.26. The summed E-state index contributed by atoms with van der Waals surface area (Å²) in [7, 11) is 0. The minimum absolute atomic E-state index is 0.111. The van der Waals surface area contributed by atoms with Crippen LogP contribution in [0.4, 0.5) is 8.78 Å². The highest BCUT2D eigenvalue weighted by molar-refractivity contribution is 7.17. The molecule has 0 saturated carbocycles. The molecule has 1 aromatic heterocycles. The molecule has 2 rings (SSSR count).